The van der Waals surface area contributed by atoms with E-state index in [2.05, 4.69) is 15.4 Å². The van der Waals surface area contributed by atoms with Crippen molar-refractivity contribution in [2.24, 2.45) is 0 Å². The molecule has 0 atom stereocenters. The van der Waals surface area contributed by atoms with Crippen LogP contribution in [-0.4, -0.2) is 26.8 Å². The van der Waals surface area contributed by atoms with Gasteiger partial charge in [-0.15, -0.1) is 0 Å². The van der Waals surface area contributed by atoms with Gasteiger partial charge in [-0.05, 0) is 54.6 Å². The van der Waals surface area contributed by atoms with E-state index in [1.165, 1.54) is 42.5 Å². The Morgan fingerprint density at radius 2 is 1.52 bits per heavy atom. The summed E-state index contributed by atoms with van der Waals surface area (Å²) in [6.07, 6.45) is 0. The van der Waals surface area contributed by atoms with Gasteiger partial charge in [0.05, 0.1) is 22.0 Å². The van der Waals surface area contributed by atoms with Gasteiger partial charge >= 0.3 is 0 Å². The van der Waals surface area contributed by atoms with E-state index in [0.717, 1.165) is 0 Å². The number of benzene rings is 3. The fraction of sp³-hybridized carbons (Fsp3) is 0.0476. The third kappa shape index (κ3) is 6.21. The van der Waals surface area contributed by atoms with Crippen LogP contribution in [0.4, 0.5) is 11.4 Å². The molecule has 10 heteroatoms. The number of nitrogens with one attached hydrogen (secondary N) is 3. The zero-order chi connectivity index (χ0) is 22.4. The fourth-order valence-electron chi connectivity index (χ4n) is 2.57. The molecule has 0 spiro atoms. The molecule has 0 aliphatic carbocycles. The summed E-state index contributed by atoms with van der Waals surface area (Å²) in [7, 11) is -3.76. The summed E-state index contributed by atoms with van der Waals surface area (Å²) in [5, 5.41) is 5.60. The summed E-state index contributed by atoms with van der Waals surface area (Å²) in [4.78, 5) is 24.3. The van der Waals surface area contributed by atoms with Crippen molar-refractivity contribution in [1.82, 2.24) is 5.32 Å². The molecule has 0 bridgehead atoms. The average Bonchev–Trinajstić information content (AvgIpc) is 2.73. The molecular formula is C21H17Cl2N3O4S. The summed E-state index contributed by atoms with van der Waals surface area (Å²) in [6, 6.07) is 18.5. The van der Waals surface area contributed by atoms with E-state index in [4.69, 9.17) is 23.2 Å². The number of carbonyl (C=O) groups is 2. The van der Waals surface area contributed by atoms with Crippen molar-refractivity contribution >= 4 is 56.4 Å². The smallest absolute Gasteiger partial charge is 0.261 e. The van der Waals surface area contributed by atoms with Gasteiger partial charge in [0.1, 0.15) is 0 Å². The Hall–Kier alpha value is -3.07. The summed E-state index contributed by atoms with van der Waals surface area (Å²) >= 11 is 11.8. The number of halogens is 2. The highest BCUT2D eigenvalue weighted by molar-refractivity contribution is 7.92. The van der Waals surface area contributed by atoms with Gasteiger partial charge in [0, 0.05) is 16.4 Å². The lowest BCUT2D eigenvalue weighted by Gasteiger charge is -2.10. The summed E-state index contributed by atoms with van der Waals surface area (Å²) in [6.45, 7) is -0.298. The number of para-hydroxylation sites is 1. The van der Waals surface area contributed by atoms with E-state index >= 15 is 0 Å². The Morgan fingerprint density at radius 1 is 0.839 bits per heavy atom. The van der Waals surface area contributed by atoms with E-state index in [9.17, 15) is 18.0 Å². The SMILES string of the molecule is O=C(CNC(=O)c1ccc(Cl)cc1Cl)Nc1ccc(S(=O)(=O)Nc2ccccc2)cc1. The number of amides is 2. The van der Waals surface area contributed by atoms with Gasteiger partial charge in [-0.1, -0.05) is 41.4 Å². The Labute approximate surface area is 189 Å². The Kier molecular flexibility index (Phi) is 7.17. The standard InChI is InChI=1S/C21H17Cl2N3O4S/c22-14-6-11-18(19(23)12-14)21(28)24-13-20(27)25-15-7-9-17(10-8-15)31(29,30)26-16-4-2-1-3-5-16/h1-12,26H,13H2,(H,24,28)(H,25,27). The lowest BCUT2D eigenvalue weighted by atomic mass is 10.2. The van der Waals surface area contributed by atoms with Gasteiger partial charge in [0.2, 0.25) is 5.91 Å². The van der Waals surface area contributed by atoms with Crippen molar-refractivity contribution in [3.8, 4) is 0 Å². The highest BCUT2D eigenvalue weighted by Gasteiger charge is 2.15. The molecule has 0 aliphatic rings. The normalized spacial score (nSPS) is 10.9. The third-order valence-corrected chi connectivity index (χ3v) is 6.00. The van der Waals surface area contributed by atoms with Gasteiger partial charge in [0.15, 0.2) is 0 Å². The van der Waals surface area contributed by atoms with E-state index in [0.29, 0.717) is 16.4 Å². The predicted octanol–water partition coefficient (Wildman–Crippen LogP) is 4.16. The van der Waals surface area contributed by atoms with Gasteiger partial charge in [-0.2, -0.15) is 0 Å². The maximum absolute atomic E-state index is 12.4. The van der Waals surface area contributed by atoms with Crippen LogP contribution in [0.1, 0.15) is 10.4 Å². The molecule has 160 valence electrons. The zero-order valence-corrected chi connectivity index (χ0v) is 18.3. The first kappa shape index (κ1) is 22.6. The first-order valence-electron chi connectivity index (χ1n) is 8.95. The summed E-state index contributed by atoms with van der Waals surface area (Å²) < 4.78 is 27.3. The van der Waals surface area contributed by atoms with Crippen molar-refractivity contribution < 1.29 is 18.0 Å². The number of carbonyl (C=O) groups excluding carboxylic acids is 2. The molecule has 0 heterocycles. The van der Waals surface area contributed by atoms with Crippen LogP contribution in [-0.2, 0) is 14.8 Å². The Balaban J connectivity index is 1.56. The number of anilines is 2. The topological polar surface area (TPSA) is 104 Å². The first-order chi connectivity index (χ1) is 14.7. The molecule has 7 nitrogen and oxygen atoms in total. The van der Waals surface area contributed by atoms with Crippen LogP contribution in [0, 0.1) is 0 Å². The Bertz CT molecular complexity index is 1200. The lowest BCUT2D eigenvalue weighted by molar-refractivity contribution is -0.115. The van der Waals surface area contributed by atoms with Crippen LogP contribution in [0.15, 0.2) is 77.7 Å². The largest absolute Gasteiger partial charge is 0.343 e. The molecule has 0 aliphatic heterocycles. The van der Waals surface area contributed by atoms with Crippen LogP contribution >= 0.6 is 23.2 Å². The molecule has 0 aromatic heterocycles. The van der Waals surface area contributed by atoms with Crippen LogP contribution in [0.2, 0.25) is 10.0 Å². The number of hydrogen-bond acceptors (Lipinski definition) is 4. The van der Waals surface area contributed by atoms with E-state index < -0.39 is 21.8 Å². The molecule has 0 fully saturated rings. The zero-order valence-electron chi connectivity index (χ0n) is 15.9. The van der Waals surface area contributed by atoms with Gasteiger partial charge in [-0.3, -0.25) is 14.3 Å². The minimum absolute atomic E-state index is 0.0417. The quantitative estimate of drug-likeness (QED) is 0.474. The second-order valence-electron chi connectivity index (χ2n) is 6.35. The van der Waals surface area contributed by atoms with Crippen LogP contribution in [0.5, 0.6) is 0 Å². The minimum atomic E-state index is -3.76. The molecule has 3 N–H and O–H groups in total. The molecular weight excluding hydrogens is 461 g/mol. The molecule has 3 aromatic rings. The van der Waals surface area contributed by atoms with Gasteiger partial charge < -0.3 is 10.6 Å². The van der Waals surface area contributed by atoms with Gasteiger partial charge in [-0.25, -0.2) is 8.42 Å². The van der Waals surface area contributed by atoms with Gasteiger partial charge in [0.25, 0.3) is 15.9 Å². The van der Waals surface area contributed by atoms with Crippen molar-refractivity contribution in [2.45, 2.75) is 4.90 Å². The third-order valence-electron chi connectivity index (χ3n) is 4.06. The number of sulfonamides is 1. The molecule has 2 amide bonds. The van der Waals surface area contributed by atoms with E-state index in [1.54, 1.807) is 30.3 Å². The summed E-state index contributed by atoms with van der Waals surface area (Å²) in [5.74, 6) is -1.01. The van der Waals surface area contributed by atoms with Crippen LogP contribution < -0.4 is 15.4 Å². The predicted molar refractivity (Wildman–Crippen MR) is 121 cm³/mol. The highest BCUT2D eigenvalue weighted by Crippen LogP contribution is 2.21. The van der Waals surface area contributed by atoms with Crippen LogP contribution in [0.25, 0.3) is 0 Å². The van der Waals surface area contributed by atoms with E-state index in [1.807, 2.05) is 0 Å². The minimum Gasteiger partial charge on any atom is -0.343 e. The molecule has 0 saturated carbocycles. The highest BCUT2D eigenvalue weighted by atomic mass is 35.5. The van der Waals surface area contributed by atoms with Crippen molar-refractivity contribution in [3.05, 3.63) is 88.4 Å². The first-order valence-corrected chi connectivity index (χ1v) is 11.2. The lowest BCUT2D eigenvalue weighted by Crippen LogP contribution is -2.33. The molecule has 0 saturated heterocycles. The monoisotopic (exact) mass is 477 g/mol. The molecule has 31 heavy (non-hydrogen) atoms. The average molecular weight is 478 g/mol. The van der Waals surface area contributed by atoms with E-state index in [-0.39, 0.29) is 22.0 Å². The van der Waals surface area contributed by atoms with Crippen LogP contribution in [0.3, 0.4) is 0 Å². The Morgan fingerprint density at radius 3 is 2.16 bits per heavy atom. The number of hydrogen-bond donors (Lipinski definition) is 3. The second-order valence-corrected chi connectivity index (χ2v) is 8.88. The van der Waals surface area contributed by atoms with Crippen molar-refractivity contribution in [3.63, 3.8) is 0 Å². The second kappa shape index (κ2) is 9.82. The fourth-order valence-corrected chi connectivity index (χ4v) is 4.13. The molecule has 3 aromatic carbocycles. The van der Waals surface area contributed by atoms with Crippen molar-refractivity contribution in [2.75, 3.05) is 16.6 Å². The summed E-state index contributed by atoms with van der Waals surface area (Å²) in [5.41, 5.74) is 1.01. The molecule has 0 unspecified atom stereocenters. The maximum atomic E-state index is 12.4. The van der Waals surface area contributed by atoms with Crippen molar-refractivity contribution in [1.29, 1.82) is 0 Å². The number of rotatable bonds is 7. The molecule has 3 rings (SSSR count). The maximum Gasteiger partial charge on any atom is 0.261 e. The molecule has 0 radical (unpaired) electrons.